The van der Waals surface area contributed by atoms with Gasteiger partial charge in [0.2, 0.25) is 0 Å². The minimum atomic E-state index is 0.791. The first-order valence-corrected chi connectivity index (χ1v) is 7.44. The summed E-state index contributed by atoms with van der Waals surface area (Å²) in [6.45, 7) is 14.7. The zero-order valence-corrected chi connectivity index (χ0v) is 12.3. The van der Waals surface area contributed by atoms with Crippen molar-refractivity contribution in [3.63, 3.8) is 0 Å². The molecule has 0 amide bonds. The summed E-state index contributed by atoms with van der Waals surface area (Å²) in [7, 11) is 0. The van der Waals surface area contributed by atoms with Gasteiger partial charge in [0.05, 0.1) is 0 Å². The summed E-state index contributed by atoms with van der Waals surface area (Å²) in [6, 6.07) is 0.791. The van der Waals surface area contributed by atoms with Crippen molar-refractivity contribution in [2.24, 2.45) is 17.8 Å². The average molecular weight is 227 g/mol. The SMILES string of the molecule is CC.CCC1CCCNC1C(CC)C(C)C. The number of nitrogens with one attached hydrogen (secondary N) is 1. The second-order valence-electron chi connectivity index (χ2n) is 5.11. The summed E-state index contributed by atoms with van der Waals surface area (Å²) in [6.07, 6.45) is 5.49. The molecule has 0 aromatic carbocycles. The van der Waals surface area contributed by atoms with Gasteiger partial charge in [0.15, 0.2) is 0 Å². The molecule has 0 spiro atoms. The van der Waals surface area contributed by atoms with E-state index in [0.717, 1.165) is 23.8 Å². The van der Waals surface area contributed by atoms with Crippen LogP contribution in [0.25, 0.3) is 0 Å². The van der Waals surface area contributed by atoms with Crippen LogP contribution in [0.5, 0.6) is 0 Å². The molecule has 0 aromatic heterocycles. The van der Waals surface area contributed by atoms with E-state index in [1.165, 1.54) is 32.2 Å². The van der Waals surface area contributed by atoms with Gasteiger partial charge in [0.25, 0.3) is 0 Å². The lowest BCUT2D eigenvalue weighted by molar-refractivity contribution is 0.162. The molecule has 3 unspecified atom stereocenters. The molecule has 0 aromatic rings. The Kier molecular flexibility index (Phi) is 9.02. The van der Waals surface area contributed by atoms with Gasteiger partial charge in [-0.15, -0.1) is 0 Å². The van der Waals surface area contributed by atoms with Crippen LogP contribution in [0.2, 0.25) is 0 Å². The Labute approximate surface area is 103 Å². The minimum Gasteiger partial charge on any atom is -0.313 e. The second kappa shape index (κ2) is 9.04. The number of hydrogen-bond donors (Lipinski definition) is 1. The zero-order valence-electron chi connectivity index (χ0n) is 12.3. The molecule has 98 valence electrons. The van der Waals surface area contributed by atoms with E-state index in [1.54, 1.807) is 0 Å². The van der Waals surface area contributed by atoms with E-state index < -0.39 is 0 Å². The van der Waals surface area contributed by atoms with Gasteiger partial charge >= 0.3 is 0 Å². The maximum absolute atomic E-state index is 3.75. The molecule has 1 rings (SSSR count). The van der Waals surface area contributed by atoms with Crippen molar-refractivity contribution in [1.82, 2.24) is 5.32 Å². The Hall–Kier alpha value is -0.0400. The first kappa shape index (κ1) is 16.0. The number of rotatable bonds is 4. The van der Waals surface area contributed by atoms with Crippen LogP contribution in [-0.4, -0.2) is 12.6 Å². The third kappa shape index (κ3) is 4.45. The predicted octanol–water partition coefficient (Wildman–Crippen LogP) is 4.47. The molecule has 1 aliphatic rings. The molecule has 1 nitrogen and oxygen atoms in total. The minimum absolute atomic E-state index is 0.791. The van der Waals surface area contributed by atoms with Crippen molar-refractivity contribution in [2.45, 2.75) is 73.3 Å². The number of piperidine rings is 1. The Balaban J connectivity index is 0.00000106. The standard InChI is InChI=1S/C13H27N.C2H6/c1-5-11-8-7-9-14-13(11)12(6-2)10(3)4;1-2/h10-14H,5-9H2,1-4H3;1-2H3. The summed E-state index contributed by atoms with van der Waals surface area (Å²) in [5.74, 6) is 2.63. The normalized spacial score (nSPS) is 27.2. The average Bonchev–Trinajstić information content (AvgIpc) is 2.33. The third-order valence-electron chi connectivity index (χ3n) is 3.95. The van der Waals surface area contributed by atoms with E-state index in [9.17, 15) is 0 Å². The molecule has 1 aliphatic heterocycles. The fourth-order valence-corrected chi connectivity index (χ4v) is 3.08. The van der Waals surface area contributed by atoms with Crippen molar-refractivity contribution in [1.29, 1.82) is 0 Å². The lowest BCUT2D eigenvalue weighted by atomic mass is 9.75. The maximum atomic E-state index is 3.75. The topological polar surface area (TPSA) is 12.0 Å². The van der Waals surface area contributed by atoms with E-state index >= 15 is 0 Å². The molecule has 0 bridgehead atoms. The number of hydrogen-bond acceptors (Lipinski definition) is 1. The van der Waals surface area contributed by atoms with Crippen LogP contribution in [-0.2, 0) is 0 Å². The quantitative estimate of drug-likeness (QED) is 0.747. The van der Waals surface area contributed by atoms with Crippen molar-refractivity contribution >= 4 is 0 Å². The highest BCUT2D eigenvalue weighted by molar-refractivity contribution is 4.86. The molecule has 1 N–H and O–H groups in total. The van der Waals surface area contributed by atoms with Crippen LogP contribution < -0.4 is 5.32 Å². The Morgan fingerprint density at radius 3 is 2.25 bits per heavy atom. The molecule has 1 heterocycles. The lowest BCUT2D eigenvalue weighted by Crippen LogP contribution is -2.47. The van der Waals surface area contributed by atoms with Crippen molar-refractivity contribution in [3.05, 3.63) is 0 Å². The fourth-order valence-electron chi connectivity index (χ4n) is 3.08. The third-order valence-corrected chi connectivity index (χ3v) is 3.95. The molecule has 16 heavy (non-hydrogen) atoms. The van der Waals surface area contributed by atoms with E-state index in [0.29, 0.717) is 0 Å². The molecule has 0 saturated carbocycles. The van der Waals surface area contributed by atoms with Crippen LogP contribution in [0.3, 0.4) is 0 Å². The highest BCUT2D eigenvalue weighted by Gasteiger charge is 2.30. The van der Waals surface area contributed by atoms with Crippen molar-refractivity contribution in [2.75, 3.05) is 6.54 Å². The van der Waals surface area contributed by atoms with Crippen LogP contribution in [0.15, 0.2) is 0 Å². The first-order valence-electron chi connectivity index (χ1n) is 7.44. The van der Waals surface area contributed by atoms with E-state index in [1.807, 2.05) is 13.8 Å². The van der Waals surface area contributed by atoms with Gasteiger partial charge in [-0.25, -0.2) is 0 Å². The van der Waals surface area contributed by atoms with Gasteiger partial charge in [-0.05, 0) is 37.1 Å². The maximum Gasteiger partial charge on any atom is 0.0126 e. The van der Waals surface area contributed by atoms with Gasteiger partial charge < -0.3 is 5.32 Å². The molecule has 0 radical (unpaired) electrons. The Bertz CT molecular complexity index is 154. The smallest absolute Gasteiger partial charge is 0.0126 e. The summed E-state index contributed by atoms with van der Waals surface area (Å²) >= 11 is 0. The van der Waals surface area contributed by atoms with Gasteiger partial charge in [-0.1, -0.05) is 54.4 Å². The molecule has 3 atom stereocenters. The van der Waals surface area contributed by atoms with Crippen molar-refractivity contribution < 1.29 is 0 Å². The Morgan fingerprint density at radius 1 is 1.19 bits per heavy atom. The van der Waals surface area contributed by atoms with Gasteiger partial charge in [0, 0.05) is 6.04 Å². The molecular weight excluding hydrogens is 194 g/mol. The zero-order chi connectivity index (χ0) is 12.6. The molecule has 1 heteroatoms. The van der Waals surface area contributed by atoms with Crippen LogP contribution >= 0.6 is 0 Å². The highest BCUT2D eigenvalue weighted by Crippen LogP contribution is 2.30. The molecule has 0 aliphatic carbocycles. The van der Waals surface area contributed by atoms with Gasteiger partial charge in [-0.2, -0.15) is 0 Å². The van der Waals surface area contributed by atoms with E-state index in [-0.39, 0.29) is 0 Å². The summed E-state index contributed by atoms with van der Waals surface area (Å²) < 4.78 is 0. The van der Waals surface area contributed by atoms with Crippen LogP contribution in [0.1, 0.15) is 67.2 Å². The van der Waals surface area contributed by atoms with Crippen LogP contribution in [0.4, 0.5) is 0 Å². The predicted molar refractivity (Wildman–Crippen MR) is 74.8 cm³/mol. The monoisotopic (exact) mass is 227 g/mol. The molecular formula is C15H33N. The summed E-state index contributed by atoms with van der Waals surface area (Å²) in [5.41, 5.74) is 0. The van der Waals surface area contributed by atoms with Crippen LogP contribution in [0, 0.1) is 17.8 Å². The van der Waals surface area contributed by atoms with Gasteiger partial charge in [0.1, 0.15) is 0 Å². The summed E-state index contributed by atoms with van der Waals surface area (Å²) in [5, 5.41) is 3.75. The lowest BCUT2D eigenvalue weighted by Gasteiger charge is -2.39. The molecule has 1 fully saturated rings. The second-order valence-corrected chi connectivity index (χ2v) is 5.11. The molecule has 1 saturated heterocycles. The van der Waals surface area contributed by atoms with E-state index in [2.05, 4.69) is 33.0 Å². The largest absolute Gasteiger partial charge is 0.313 e. The van der Waals surface area contributed by atoms with Crippen molar-refractivity contribution in [3.8, 4) is 0 Å². The van der Waals surface area contributed by atoms with Gasteiger partial charge in [-0.3, -0.25) is 0 Å². The summed E-state index contributed by atoms with van der Waals surface area (Å²) in [4.78, 5) is 0. The fraction of sp³-hybridized carbons (Fsp3) is 1.00. The highest BCUT2D eigenvalue weighted by atomic mass is 14.9. The first-order chi connectivity index (χ1) is 7.70. The Morgan fingerprint density at radius 2 is 1.81 bits per heavy atom. The van der Waals surface area contributed by atoms with E-state index in [4.69, 9.17) is 0 Å².